The van der Waals surface area contributed by atoms with Crippen LogP contribution in [0.3, 0.4) is 0 Å². The number of amides is 3. The number of hydrogen-bond acceptors (Lipinski definition) is 4. The first-order valence-corrected chi connectivity index (χ1v) is 15.4. The minimum Gasteiger partial charge on any atom is -0.359 e. The number of likely N-dealkylation sites (tertiary alicyclic amines) is 1. The van der Waals surface area contributed by atoms with Crippen molar-refractivity contribution in [3.63, 3.8) is 0 Å². The summed E-state index contributed by atoms with van der Waals surface area (Å²) in [7, 11) is 0. The Kier molecular flexibility index (Phi) is 7.60. The minimum absolute atomic E-state index is 0.130. The largest absolute Gasteiger partial charge is 0.359 e. The number of carbonyl (C=O) groups is 3. The van der Waals surface area contributed by atoms with Gasteiger partial charge < -0.3 is 20.3 Å². The van der Waals surface area contributed by atoms with Crippen molar-refractivity contribution in [3.05, 3.63) is 53.6 Å². The molecule has 3 fully saturated rings. The fraction of sp³-hybridized carbons (Fsp3) is 0.606. The van der Waals surface area contributed by atoms with Gasteiger partial charge in [-0.3, -0.25) is 14.4 Å². The zero-order valence-corrected chi connectivity index (χ0v) is 23.9. The Balaban J connectivity index is 1.26. The normalized spacial score (nSPS) is 31.4. The van der Waals surface area contributed by atoms with Crippen LogP contribution in [0.4, 0.5) is 5.69 Å². The van der Waals surface area contributed by atoms with Crippen molar-refractivity contribution >= 4 is 23.4 Å². The third-order valence-corrected chi connectivity index (χ3v) is 9.78. The Morgan fingerprint density at radius 1 is 1.05 bits per heavy atom. The van der Waals surface area contributed by atoms with Crippen molar-refractivity contribution in [1.29, 1.82) is 0 Å². The number of ether oxygens (including phenoxy) is 1. The van der Waals surface area contributed by atoms with E-state index in [1.54, 1.807) is 4.90 Å². The number of rotatable bonds is 8. The van der Waals surface area contributed by atoms with Crippen LogP contribution < -0.4 is 10.6 Å². The highest BCUT2D eigenvalue weighted by molar-refractivity contribution is 6.02. The second-order valence-electron chi connectivity index (χ2n) is 12.7. The van der Waals surface area contributed by atoms with E-state index in [1.165, 1.54) is 30.4 Å². The van der Waals surface area contributed by atoms with Crippen molar-refractivity contribution in [2.24, 2.45) is 11.8 Å². The van der Waals surface area contributed by atoms with Crippen LogP contribution in [0.25, 0.3) is 0 Å². The van der Waals surface area contributed by atoms with Gasteiger partial charge in [-0.2, -0.15) is 0 Å². The first-order chi connectivity index (χ1) is 19.4. The monoisotopic (exact) mass is 545 g/mol. The molecule has 3 heterocycles. The van der Waals surface area contributed by atoms with Gasteiger partial charge in [-0.15, -0.1) is 0 Å². The molecule has 40 heavy (non-hydrogen) atoms. The maximum atomic E-state index is 14.2. The predicted molar refractivity (Wildman–Crippen MR) is 155 cm³/mol. The molecule has 3 aliphatic heterocycles. The van der Waals surface area contributed by atoms with Crippen molar-refractivity contribution < 1.29 is 19.1 Å². The quantitative estimate of drug-likeness (QED) is 0.438. The number of benzene rings is 1. The Hall–Kier alpha value is -2.93. The number of carbonyl (C=O) groups excluding carboxylic acids is 3. The van der Waals surface area contributed by atoms with E-state index in [0.717, 1.165) is 44.9 Å². The van der Waals surface area contributed by atoms with Crippen molar-refractivity contribution in [3.8, 4) is 0 Å². The summed E-state index contributed by atoms with van der Waals surface area (Å²) >= 11 is 0. The first kappa shape index (κ1) is 27.3. The van der Waals surface area contributed by atoms with Crippen LogP contribution in [0.1, 0.15) is 89.5 Å². The van der Waals surface area contributed by atoms with Gasteiger partial charge in [-0.25, -0.2) is 0 Å². The maximum absolute atomic E-state index is 14.2. The molecule has 1 aromatic carbocycles. The molecule has 5 atom stereocenters. The lowest BCUT2D eigenvalue weighted by Gasteiger charge is -2.34. The molecular weight excluding hydrogens is 502 g/mol. The maximum Gasteiger partial charge on any atom is 0.246 e. The van der Waals surface area contributed by atoms with Gasteiger partial charge in [0.2, 0.25) is 17.7 Å². The molecule has 0 radical (unpaired) electrons. The summed E-state index contributed by atoms with van der Waals surface area (Å²) in [5.74, 6) is -1.49. The highest BCUT2D eigenvalue weighted by Gasteiger charge is 2.72. The lowest BCUT2D eigenvalue weighted by Crippen LogP contribution is -2.56. The van der Waals surface area contributed by atoms with Gasteiger partial charge in [-0.1, -0.05) is 69.0 Å². The van der Waals surface area contributed by atoms with E-state index in [9.17, 15) is 14.4 Å². The van der Waals surface area contributed by atoms with E-state index < -0.39 is 29.6 Å². The summed E-state index contributed by atoms with van der Waals surface area (Å²) in [4.78, 5) is 43.6. The van der Waals surface area contributed by atoms with Crippen molar-refractivity contribution in [1.82, 2.24) is 10.2 Å². The number of nitrogens with one attached hydrogen (secondary N) is 2. The lowest BCUT2D eigenvalue weighted by molar-refractivity contribution is -0.141. The zero-order chi connectivity index (χ0) is 27.9. The standard InChI is InChI=1S/C33H43N3O4/c1-21(2)23-13-15-25(16-14-23)34-30(37)27-26-17-19-33(40-26)28(27)32(39)36(20-18-22-9-5-3-6-10-22)29(33)31(38)35-24-11-7-4-8-12-24/h9,13-17,19,21,24,26-29H,3-8,10-12,18,20H2,1-2H3,(H,34,37)(H,35,38). The highest BCUT2D eigenvalue weighted by atomic mass is 16.5. The average molecular weight is 546 g/mol. The van der Waals surface area contributed by atoms with Gasteiger partial charge in [0.1, 0.15) is 11.6 Å². The fourth-order valence-corrected chi connectivity index (χ4v) is 7.61. The van der Waals surface area contributed by atoms with Gasteiger partial charge in [0.25, 0.3) is 0 Å². The van der Waals surface area contributed by atoms with Gasteiger partial charge in [0.05, 0.1) is 17.9 Å². The van der Waals surface area contributed by atoms with E-state index in [1.807, 2.05) is 36.4 Å². The van der Waals surface area contributed by atoms with Crippen LogP contribution in [0.2, 0.25) is 0 Å². The number of hydrogen-bond donors (Lipinski definition) is 2. The fourth-order valence-electron chi connectivity index (χ4n) is 7.61. The molecule has 5 unspecified atom stereocenters. The molecule has 7 nitrogen and oxygen atoms in total. The molecule has 1 saturated carbocycles. The number of allylic oxidation sites excluding steroid dienone is 1. The molecule has 2 N–H and O–H groups in total. The first-order valence-electron chi connectivity index (χ1n) is 15.4. The Morgan fingerprint density at radius 2 is 1.82 bits per heavy atom. The van der Waals surface area contributed by atoms with Crippen LogP contribution in [0, 0.1) is 11.8 Å². The number of fused-ring (bicyclic) bond motifs is 1. The van der Waals surface area contributed by atoms with Gasteiger partial charge >= 0.3 is 0 Å². The highest BCUT2D eigenvalue weighted by Crippen LogP contribution is 2.55. The number of nitrogens with zero attached hydrogens (tertiary/aromatic N) is 1. The summed E-state index contributed by atoms with van der Waals surface area (Å²) in [5.41, 5.74) is 2.16. The summed E-state index contributed by atoms with van der Waals surface area (Å²) in [5, 5.41) is 6.32. The minimum atomic E-state index is -1.11. The second-order valence-corrected chi connectivity index (χ2v) is 12.7. The third kappa shape index (κ3) is 4.91. The Labute approximate surface area is 237 Å². The van der Waals surface area contributed by atoms with Crippen LogP contribution in [0.15, 0.2) is 48.1 Å². The van der Waals surface area contributed by atoms with Crippen LogP contribution in [0.5, 0.6) is 0 Å². The second kappa shape index (κ2) is 11.2. The van der Waals surface area contributed by atoms with Crippen molar-refractivity contribution in [2.45, 2.75) is 108 Å². The molecular formula is C33H43N3O4. The average Bonchev–Trinajstić information content (AvgIpc) is 3.60. The summed E-state index contributed by atoms with van der Waals surface area (Å²) in [6.45, 7) is 4.74. The lowest BCUT2D eigenvalue weighted by atomic mass is 9.74. The molecule has 0 aromatic heterocycles. The van der Waals surface area contributed by atoms with Crippen molar-refractivity contribution in [2.75, 3.05) is 11.9 Å². The van der Waals surface area contributed by atoms with Gasteiger partial charge in [-0.05, 0) is 68.6 Å². The smallest absolute Gasteiger partial charge is 0.246 e. The molecule has 2 bridgehead atoms. The molecule has 3 amide bonds. The molecule has 5 aliphatic rings. The van der Waals surface area contributed by atoms with E-state index in [2.05, 4.69) is 30.6 Å². The zero-order valence-electron chi connectivity index (χ0n) is 23.9. The summed E-state index contributed by atoms with van der Waals surface area (Å²) in [6, 6.07) is 7.23. The molecule has 1 aromatic rings. The predicted octanol–water partition coefficient (Wildman–Crippen LogP) is 5.24. The molecule has 7 heteroatoms. The summed E-state index contributed by atoms with van der Waals surface area (Å²) < 4.78 is 6.51. The summed E-state index contributed by atoms with van der Waals surface area (Å²) in [6.07, 6.45) is 16.2. The molecule has 2 saturated heterocycles. The van der Waals surface area contributed by atoms with Crippen LogP contribution in [-0.4, -0.2) is 53.0 Å². The Bertz CT molecular complexity index is 1200. The molecule has 214 valence electrons. The number of anilines is 1. The third-order valence-electron chi connectivity index (χ3n) is 9.78. The van der Waals surface area contributed by atoms with E-state index in [0.29, 0.717) is 18.2 Å². The van der Waals surface area contributed by atoms with Gasteiger partial charge in [0, 0.05) is 18.3 Å². The van der Waals surface area contributed by atoms with Crippen LogP contribution >= 0.6 is 0 Å². The molecule has 6 rings (SSSR count). The van der Waals surface area contributed by atoms with E-state index in [-0.39, 0.29) is 23.8 Å². The Morgan fingerprint density at radius 3 is 2.52 bits per heavy atom. The SMILES string of the molecule is CC(C)c1ccc(NC(=O)C2C3C=CC4(O3)C2C(=O)N(CCC2=CCCCC2)C4C(=O)NC2CCCCC2)cc1. The van der Waals surface area contributed by atoms with Crippen LogP contribution in [-0.2, 0) is 19.1 Å². The molecule has 2 aliphatic carbocycles. The molecule has 1 spiro atoms. The van der Waals surface area contributed by atoms with E-state index >= 15 is 0 Å². The topological polar surface area (TPSA) is 87.7 Å². The van der Waals surface area contributed by atoms with E-state index in [4.69, 9.17) is 4.74 Å². The van der Waals surface area contributed by atoms with Gasteiger partial charge in [0.15, 0.2) is 0 Å².